The molecule has 0 radical (unpaired) electrons. The highest BCUT2D eigenvalue weighted by molar-refractivity contribution is 7.99. The van der Waals surface area contributed by atoms with Crippen LogP contribution in [-0.2, 0) is 17.6 Å². The lowest BCUT2D eigenvalue weighted by Gasteiger charge is -2.14. The molecule has 0 atom stereocenters. The summed E-state index contributed by atoms with van der Waals surface area (Å²) in [6, 6.07) is 9.87. The molecule has 3 heterocycles. The Bertz CT molecular complexity index is 1810. The molecule has 1 aliphatic rings. The van der Waals surface area contributed by atoms with Crippen LogP contribution in [0.1, 0.15) is 34.4 Å². The Morgan fingerprint density at radius 2 is 2.05 bits per heavy atom. The fourth-order valence-electron chi connectivity index (χ4n) is 4.96. The van der Waals surface area contributed by atoms with Gasteiger partial charge in [-0.25, -0.2) is 9.37 Å². The minimum absolute atomic E-state index is 0.0373. The third-order valence-corrected chi connectivity index (χ3v) is 9.51. The fraction of sp³-hybridized carbons (Fsp3) is 0.250. The summed E-state index contributed by atoms with van der Waals surface area (Å²) in [5, 5.41) is 4.21. The van der Waals surface area contributed by atoms with Crippen LogP contribution in [0.5, 0.6) is 0 Å². The lowest BCUT2D eigenvalue weighted by atomic mass is 9.97. The van der Waals surface area contributed by atoms with Gasteiger partial charge in [-0.3, -0.25) is 14.2 Å². The first-order chi connectivity index (χ1) is 18.3. The molecule has 6 rings (SSSR count). The molecule has 1 amide bonds. The van der Waals surface area contributed by atoms with E-state index >= 15 is 0 Å². The van der Waals surface area contributed by atoms with Crippen molar-refractivity contribution in [1.29, 1.82) is 0 Å². The van der Waals surface area contributed by atoms with E-state index in [0.29, 0.717) is 21.9 Å². The Labute approximate surface area is 231 Å². The van der Waals surface area contributed by atoms with Crippen molar-refractivity contribution in [2.24, 2.45) is 0 Å². The Morgan fingerprint density at radius 3 is 2.87 bits per heavy atom. The van der Waals surface area contributed by atoms with E-state index in [1.807, 2.05) is 32.0 Å². The maximum atomic E-state index is 14.0. The van der Waals surface area contributed by atoms with Gasteiger partial charge in [-0.05, 0) is 80.5 Å². The van der Waals surface area contributed by atoms with Crippen LogP contribution >= 0.6 is 34.7 Å². The predicted molar refractivity (Wildman–Crippen MR) is 154 cm³/mol. The molecule has 0 aliphatic heterocycles. The molecule has 0 spiro atoms. The van der Waals surface area contributed by atoms with Gasteiger partial charge in [0.25, 0.3) is 5.56 Å². The van der Waals surface area contributed by atoms with Crippen molar-refractivity contribution < 1.29 is 9.18 Å². The molecule has 10 heteroatoms. The van der Waals surface area contributed by atoms with Gasteiger partial charge in [0, 0.05) is 16.0 Å². The number of rotatable bonds is 5. The van der Waals surface area contributed by atoms with Crippen molar-refractivity contribution in [3.63, 3.8) is 0 Å². The number of benzene rings is 2. The van der Waals surface area contributed by atoms with Gasteiger partial charge in [0.2, 0.25) is 5.91 Å². The highest BCUT2D eigenvalue weighted by Crippen LogP contribution is 2.39. The van der Waals surface area contributed by atoms with Gasteiger partial charge in [-0.2, -0.15) is 0 Å². The maximum absolute atomic E-state index is 14.0. The number of nitrogens with zero attached hydrogens (tertiary/aromatic N) is 2. The third kappa shape index (κ3) is 4.32. The van der Waals surface area contributed by atoms with Crippen LogP contribution < -0.4 is 10.9 Å². The van der Waals surface area contributed by atoms with Gasteiger partial charge in [0.05, 0.1) is 16.5 Å². The number of H-pyrrole nitrogens is 1. The second-order valence-electron chi connectivity index (χ2n) is 9.48. The Hall–Kier alpha value is -3.14. The van der Waals surface area contributed by atoms with Crippen molar-refractivity contribution in [2.75, 3.05) is 11.1 Å². The molecule has 0 saturated heterocycles. The zero-order valence-electron chi connectivity index (χ0n) is 20.8. The first-order valence-electron chi connectivity index (χ1n) is 12.3. The molecule has 1 aliphatic carbocycles. The number of halogens is 2. The van der Waals surface area contributed by atoms with Gasteiger partial charge in [0.1, 0.15) is 21.7 Å². The van der Waals surface area contributed by atoms with Crippen molar-refractivity contribution >= 4 is 67.5 Å². The smallest absolute Gasteiger partial charge is 0.283 e. The number of aromatic nitrogens is 3. The van der Waals surface area contributed by atoms with Crippen molar-refractivity contribution in [3.05, 3.63) is 79.2 Å². The minimum atomic E-state index is -0.577. The largest absolute Gasteiger partial charge is 0.340 e. The Morgan fingerprint density at radius 1 is 1.24 bits per heavy atom. The molecule has 0 bridgehead atoms. The number of aromatic amines is 1. The van der Waals surface area contributed by atoms with Crippen molar-refractivity contribution in [1.82, 2.24) is 14.5 Å². The van der Waals surface area contributed by atoms with Crippen molar-refractivity contribution in [3.8, 4) is 5.69 Å². The van der Waals surface area contributed by atoms with Crippen LogP contribution in [0.4, 0.5) is 10.1 Å². The van der Waals surface area contributed by atoms with Gasteiger partial charge >= 0.3 is 0 Å². The molecule has 5 aromatic rings. The summed E-state index contributed by atoms with van der Waals surface area (Å²) in [5.41, 5.74) is 5.17. The first-order valence-corrected chi connectivity index (χ1v) is 14.5. The van der Waals surface area contributed by atoms with Gasteiger partial charge < -0.3 is 10.3 Å². The highest BCUT2D eigenvalue weighted by atomic mass is 35.5. The molecule has 2 aromatic carbocycles. The van der Waals surface area contributed by atoms with E-state index in [2.05, 4.69) is 10.3 Å². The van der Waals surface area contributed by atoms with E-state index in [-0.39, 0.29) is 22.2 Å². The minimum Gasteiger partial charge on any atom is -0.340 e. The number of aryl methyl sites for hydroxylation is 3. The number of hydrogen-bond acceptors (Lipinski definition) is 5. The molecule has 0 saturated carbocycles. The monoisotopic (exact) mass is 566 g/mol. The van der Waals surface area contributed by atoms with Crippen LogP contribution in [0, 0.1) is 19.7 Å². The zero-order chi connectivity index (χ0) is 26.6. The Balaban J connectivity index is 1.45. The number of amides is 1. The predicted octanol–water partition coefficient (Wildman–Crippen LogP) is 6.95. The van der Waals surface area contributed by atoms with Crippen molar-refractivity contribution in [2.45, 2.75) is 44.7 Å². The molecule has 2 N–H and O–H groups in total. The Kier molecular flexibility index (Phi) is 6.53. The summed E-state index contributed by atoms with van der Waals surface area (Å²) in [4.78, 5) is 37.3. The summed E-state index contributed by atoms with van der Waals surface area (Å²) in [7, 11) is 0. The van der Waals surface area contributed by atoms with Crippen LogP contribution in [0.3, 0.4) is 0 Å². The molecular formula is C28H24ClFN4O2S2. The average molecular weight is 567 g/mol. The molecule has 0 unspecified atom stereocenters. The number of thioether (sulfide) groups is 1. The molecule has 0 fully saturated rings. The second kappa shape index (κ2) is 9.87. The molecule has 194 valence electrons. The van der Waals surface area contributed by atoms with Crippen LogP contribution in [0.2, 0.25) is 5.02 Å². The standard InChI is InChI=1S/C28H24ClFN4O2S2/c1-14-6-5-8-20(15(14)2)31-22(35)13-37-28-33-24-23-17-7-3-4-9-21(17)38-26(23)32-25(24)27(36)34(28)16-10-11-19(30)18(29)12-16/h5-6,8,10-12,32H,3-4,7,9,13H2,1-2H3,(H,31,35). The zero-order valence-corrected chi connectivity index (χ0v) is 23.2. The summed E-state index contributed by atoms with van der Waals surface area (Å²) in [6.07, 6.45) is 4.27. The van der Waals surface area contributed by atoms with Gasteiger partial charge in [-0.15, -0.1) is 11.3 Å². The molecule has 3 aromatic heterocycles. The van der Waals surface area contributed by atoms with Gasteiger partial charge in [-0.1, -0.05) is 35.5 Å². The molecule has 38 heavy (non-hydrogen) atoms. The number of thiophene rings is 1. The van der Waals surface area contributed by atoms with E-state index in [4.69, 9.17) is 16.6 Å². The summed E-state index contributed by atoms with van der Waals surface area (Å²) < 4.78 is 15.3. The molecular weight excluding hydrogens is 543 g/mol. The van der Waals surface area contributed by atoms with Crippen LogP contribution in [0.25, 0.3) is 26.9 Å². The number of nitrogens with one attached hydrogen (secondary N) is 2. The number of hydrogen-bond donors (Lipinski definition) is 2. The SMILES string of the molecule is Cc1cccc(NC(=O)CSc2nc3c([nH]c4sc5c(c43)CCCC5)c(=O)n2-c2ccc(F)c(Cl)c2)c1C. The van der Waals surface area contributed by atoms with E-state index in [9.17, 15) is 14.0 Å². The van der Waals surface area contributed by atoms with Gasteiger partial charge in [0.15, 0.2) is 5.16 Å². The summed E-state index contributed by atoms with van der Waals surface area (Å²) in [6.45, 7) is 3.95. The maximum Gasteiger partial charge on any atom is 0.283 e. The number of carbonyl (C=O) groups excluding carboxylic acids is 1. The lowest BCUT2D eigenvalue weighted by molar-refractivity contribution is -0.113. The second-order valence-corrected chi connectivity index (χ2v) is 11.9. The normalized spacial score (nSPS) is 13.3. The number of anilines is 1. The van der Waals surface area contributed by atoms with Crippen LogP contribution in [-0.4, -0.2) is 26.2 Å². The number of carbonyl (C=O) groups is 1. The summed E-state index contributed by atoms with van der Waals surface area (Å²) in [5.74, 6) is -0.754. The third-order valence-electron chi connectivity index (χ3n) is 7.07. The average Bonchev–Trinajstić information content (AvgIpc) is 3.44. The summed E-state index contributed by atoms with van der Waals surface area (Å²) >= 11 is 8.92. The van der Waals surface area contributed by atoms with Crippen LogP contribution in [0.15, 0.2) is 46.3 Å². The molecule has 6 nitrogen and oxygen atoms in total. The first kappa shape index (κ1) is 25.2. The topological polar surface area (TPSA) is 79.8 Å². The van der Waals surface area contributed by atoms with E-state index in [1.54, 1.807) is 11.3 Å². The van der Waals surface area contributed by atoms with E-state index in [1.165, 1.54) is 33.2 Å². The highest BCUT2D eigenvalue weighted by Gasteiger charge is 2.24. The lowest BCUT2D eigenvalue weighted by Crippen LogP contribution is -2.23. The van der Waals surface area contributed by atoms with E-state index < -0.39 is 5.82 Å². The fourth-order valence-corrected chi connectivity index (χ4v) is 7.24. The number of fused-ring (bicyclic) bond motifs is 5. The quantitative estimate of drug-likeness (QED) is 0.178. The van der Waals surface area contributed by atoms with E-state index in [0.717, 1.165) is 64.5 Å².